The highest BCUT2D eigenvalue weighted by molar-refractivity contribution is 6.12. The van der Waals surface area contributed by atoms with Crippen molar-refractivity contribution in [2.75, 3.05) is 0 Å². The molecule has 10 aromatic rings. The maximum Gasteiger partial charge on any atom is 0.164 e. The van der Waals surface area contributed by atoms with Gasteiger partial charge in [-0.3, -0.25) is 0 Å². The predicted molar refractivity (Wildman–Crippen MR) is 226 cm³/mol. The first-order chi connectivity index (χ1) is 27.8. The van der Waals surface area contributed by atoms with E-state index < -0.39 is 5.41 Å². The van der Waals surface area contributed by atoms with E-state index in [1.807, 2.05) is 60.7 Å². The lowest BCUT2D eigenvalue weighted by atomic mass is 9.67. The van der Waals surface area contributed by atoms with Gasteiger partial charge in [0.05, 0.1) is 5.41 Å². The van der Waals surface area contributed by atoms with E-state index in [-0.39, 0.29) is 0 Å². The second-order valence-electron chi connectivity index (χ2n) is 14.3. The highest BCUT2D eigenvalue weighted by atomic mass is 16.3. The highest BCUT2D eigenvalue weighted by Crippen LogP contribution is 2.56. The van der Waals surface area contributed by atoms with Crippen molar-refractivity contribution in [3.05, 3.63) is 222 Å². The van der Waals surface area contributed by atoms with Gasteiger partial charge in [-0.1, -0.05) is 188 Å². The van der Waals surface area contributed by atoms with Gasteiger partial charge in [0.1, 0.15) is 11.2 Å². The zero-order valence-corrected chi connectivity index (χ0v) is 30.3. The first-order valence-electron chi connectivity index (χ1n) is 18.9. The topological polar surface area (TPSA) is 51.8 Å². The summed E-state index contributed by atoms with van der Waals surface area (Å²) in [5.41, 5.74) is 13.8. The first kappa shape index (κ1) is 32.0. The Morgan fingerprint density at radius 1 is 0.339 bits per heavy atom. The fraction of sp³-hybridized carbons (Fsp3) is 0.0192. The van der Waals surface area contributed by atoms with Crippen molar-refractivity contribution in [3.63, 3.8) is 0 Å². The Bertz CT molecular complexity index is 2960. The maximum absolute atomic E-state index is 6.75. The average molecular weight is 716 g/mol. The molecule has 56 heavy (non-hydrogen) atoms. The van der Waals surface area contributed by atoms with Crippen LogP contribution in [0.15, 0.2) is 205 Å². The number of furan rings is 1. The van der Waals surface area contributed by atoms with Gasteiger partial charge in [-0.15, -0.1) is 0 Å². The number of rotatable bonds is 6. The zero-order chi connectivity index (χ0) is 37.1. The molecule has 0 amide bonds. The standard InChI is InChI=1S/C52H33N3O/c1-4-15-35(16-5-1)49-53-50(36-17-6-2-7-18-36)55-51(54-49)37-29-27-34(28-30-37)40-23-14-26-46-48(40)43-32-31-39(33-47(43)56-46)52(38-19-8-3-9-20-38)44-24-12-10-21-41(44)42-22-11-13-25-45(42)52/h1-33H. The third-order valence-corrected chi connectivity index (χ3v) is 11.2. The maximum atomic E-state index is 6.75. The van der Waals surface area contributed by atoms with Crippen molar-refractivity contribution in [1.82, 2.24) is 15.0 Å². The molecular weight excluding hydrogens is 683 g/mol. The van der Waals surface area contributed by atoms with E-state index in [2.05, 4.69) is 140 Å². The first-order valence-corrected chi connectivity index (χ1v) is 18.9. The lowest BCUT2D eigenvalue weighted by Gasteiger charge is -2.33. The minimum absolute atomic E-state index is 0.490. The largest absolute Gasteiger partial charge is 0.456 e. The van der Waals surface area contributed by atoms with Crippen molar-refractivity contribution in [2.24, 2.45) is 0 Å². The quantitative estimate of drug-likeness (QED) is 0.172. The van der Waals surface area contributed by atoms with Crippen LogP contribution in [0.25, 0.3) is 78.4 Å². The van der Waals surface area contributed by atoms with Crippen LogP contribution in [-0.4, -0.2) is 15.0 Å². The molecule has 262 valence electrons. The summed E-state index contributed by atoms with van der Waals surface area (Å²) >= 11 is 0. The molecule has 0 spiro atoms. The summed E-state index contributed by atoms with van der Waals surface area (Å²) in [7, 11) is 0. The predicted octanol–water partition coefficient (Wildman–Crippen LogP) is 12.8. The van der Waals surface area contributed by atoms with Gasteiger partial charge < -0.3 is 4.42 Å². The molecular formula is C52H33N3O. The van der Waals surface area contributed by atoms with Gasteiger partial charge in [0.25, 0.3) is 0 Å². The van der Waals surface area contributed by atoms with Gasteiger partial charge in [0, 0.05) is 27.5 Å². The van der Waals surface area contributed by atoms with E-state index in [1.165, 1.54) is 33.4 Å². The van der Waals surface area contributed by atoms with Crippen LogP contribution < -0.4 is 0 Å². The van der Waals surface area contributed by atoms with Crippen LogP contribution in [0.4, 0.5) is 0 Å². The second-order valence-corrected chi connectivity index (χ2v) is 14.3. The number of nitrogens with zero attached hydrogens (tertiary/aromatic N) is 3. The van der Waals surface area contributed by atoms with Crippen molar-refractivity contribution >= 4 is 21.9 Å². The second kappa shape index (κ2) is 12.9. The Balaban J connectivity index is 1.03. The summed E-state index contributed by atoms with van der Waals surface area (Å²) in [5.74, 6) is 1.92. The van der Waals surface area contributed by atoms with Crippen molar-refractivity contribution < 1.29 is 4.42 Å². The number of aromatic nitrogens is 3. The van der Waals surface area contributed by atoms with Crippen LogP contribution in [0, 0.1) is 0 Å². The zero-order valence-electron chi connectivity index (χ0n) is 30.3. The summed E-state index contributed by atoms with van der Waals surface area (Å²) in [6.45, 7) is 0. The van der Waals surface area contributed by atoms with Crippen molar-refractivity contribution in [2.45, 2.75) is 5.41 Å². The SMILES string of the molecule is c1ccc(-c2nc(-c3ccccc3)nc(-c3ccc(-c4cccc5oc6cc(C7(c8ccccc8)c8ccccc8-c8ccccc87)ccc6c45)cc3)n2)cc1. The summed E-state index contributed by atoms with van der Waals surface area (Å²) in [6, 6.07) is 70.4. The summed E-state index contributed by atoms with van der Waals surface area (Å²) < 4.78 is 6.75. The van der Waals surface area contributed by atoms with E-state index in [1.54, 1.807) is 0 Å². The number of hydrogen-bond acceptors (Lipinski definition) is 4. The highest BCUT2D eigenvalue weighted by Gasteiger charge is 2.46. The molecule has 11 rings (SSSR count). The number of benzene rings is 8. The van der Waals surface area contributed by atoms with E-state index >= 15 is 0 Å². The molecule has 2 heterocycles. The van der Waals surface area contributed by atoms with Gasteiger partial charge in [0.15, 0.2) is 17.5 Å². The third kappa shape index (κ3) is 4.96. The van der Waals surface area contributed by atoms with Gasteiger partial charge >= 0.3 is 0 Å². The molecule has 0 unspecified atom stereocenters. The molecule has 2 aromatic heterocycles. The molecule has 4 heteroatoms. The molecule has 1 aliphatic carbocycles. The summed E-state index contributed by atoms with van der Waals surface area (Å²) in [4.78, 5) is 14.8. The Labute approximate surface area is 324 Å². The fourth-order valence-corrected chi connectivity index (χ4v) is 8.75. The summed E-state index contributed by atoms with van der Waals surface area (Å²) in [6.07, 6.45) is 0. The van der Waals surface area contributed by atoms with Crippen LogP contribution in [-0.2, 0) is 5.41 Å². The minimum atomic E-state index is -0.490. The molecule has 0 aliphatic heterocycles. The van der Waals surface area contributed by atoms with E-state index in [9.17, 15) is 0 Å². The van der Waals surface area contributed by atoms with Crippen molar-refractivity contribution in [1.29, 1.82) is 0 Å². The third-order valence-electron chi connectivity index (χ3n) is 11.2. The van der Waals surface area contributed by atoms with Crippen LogP contribution >= 0.6 is 0 Å². The van der Waals surface area contributed by atoms with Crippen LogP contribution in [0.3, 0.4) is 0 Å². The van der Waals surface area contributed by atoms with Gasteiger partial charge in [0.2, 0.25) is 0 Å². The molecule has 0 fully saturated rings. The van der Waals surface area contributed by atoms with E-state index in [0.717, 1.165) is 49.8 Å². The summed E-state index contributed by atoms with van der Waals surface area (Å²) in [5, 5.41) is 2.18. The molecule has 1 aliphatic rings. The van der Waals surface area contributed by atoms with E-state index in [0.29, 0.717) is 17.5 Å². The monoisotopic (exact) mass is 715 g/mol. The van der Waals surface area contributed by atoms with Crippen LogP contribution in [0.5, 0.6) is 0 Å². The van der Waals surface area contributed by atoms with Crippen LogP contribution in [0.1, 0.15) is 22.3 Å². The van der Waals surface area contributed by atoms with Gasteiger partial charge in [-0.2, -0.15) is 0 Å². The lowest BCUT2D eigenvalue weighted by Crippen LogP contribution is -2.28. The minimum Gasteiger partial charge on any atom is -0.456 e. The van der Waals surface area contributed by atoms with Crippen LogP contribution in [0.2, 0.25) is 0 Å². The molecule has 8 aromatic carbocycles. The Hall–Kier alpha value is -7.43. The van der Waals surface area contributed by atoms with E-state index in [4.69, 9.17) is 19.4 Å². The smallest absolute Gasteiger partial charge is 0.164 e. The molecule has 0 atom stereocenters. The molecule has 0 radical (unpaired) electrons. The van der Waals surface area contributed by atoms with Crippen molar-refractivity contribution in [3.8, 4) is 56.4 Å². The Morgan fingerprint density at radius 2 is 0.821 bits per heavy atom. The molecule has 0 bridgehead atoms. The molecule has 0 N–H and O–H groups in total. The Morgan fingerprint density at radius 3 is 1.41 bits per heavy atom. The lowest BCUT2D eigenvalue weighted by molar-refractivity contribution is 0.665. The number of fused-ring (bicyclic) bond motifs is 6. The van der Waals surface area contributed by atoms with Gasteiger partial charge in [-0.05, 0) is 56.6 Å². The van der Waals surface area contributed by atoms with Gasteiger partial charge in [-0.25, -0.2) is 15.0 Å². The molecule has 0 saturated heterocycles. The fourth-order valence-electron chi connectivity index (χ4n) is 8.75. The Kier molecular flexibility index (Phi) is 7.36. The molecule has 4 nitrogen and oxygen atoms in total. The average Bonchev–Trinajstić information content (AvgIpc) is 3.81. The molecule has 0 saturated carbocycles. The normalized spacial score (nSPS) is 12.8. The number of hydrogen-bond donors (Lipinski definition) is 0.